The predicted octanol–water partition coefficient (Wildman–Crippen LogP) is 18.0. The Morgan fingerprint density at radius 2 is 0.600 bits per heavy atom. The van der Waals surface area contributed by atoms with Crippen LogP contribution in [-0.4, -0.2) is 37.2 Å². The van der Waals surface area contributed by atoms with E-state index in [1.165, 1.54) is 89.9 Å². The van der Waals surface area contributed by atoms with Gasteiger partial charge in [0.25, 0.3) is 0 Å². The SMILES string of the molecule is CC/C=C\C/C=C\C/C=C\CCCCCCCC(=O)OC[C@@H](COC(=O)CCCCCCCCCCCCCCC)OC(=O)CCCCC/C=C\C/C=C\C/C=C\C/C=C\CCCCC. The molecule has 6 heteroatoms. The Hall–Kier alpha value is -3.41. The summed E-state index contributed by atoms with van der Waals surface area (Å²) in [5, 5.41) is 0. The average molecular weight is 905 g/mol. The molecule has 0 saturated carbocycles. The number of allylic oxidation sites excluding steroid dienone is 14. The van der Waals surface area contributed by atoms with Gasteiger partial charge in [0.2, 0.25) is 0 Å². The van der Waals surface area contributed by atoms with Crippen molar-refractivity contribution in [3.8, 4) is 0 Å². The highest BCUT2D eigenvalue weighted by Gasteiger charge is 2.19. The smallest absolute Gasteiger partial charge is 0.306 e. The molecule has 65 heavy (non-hydrogen) atoms. The molecule has 0 amide bonds. The molecule has 0 saturated heterocycles. The summed E-state index contributed by atoms with van der Waals surface area (Å²) in [6.45, 7) is 6.46. The van der Waals surface area contributed by atoms with Crippen LogP contribution in [0.15, 0.2) is 85.1 Å². The van der Waals surface area contributed by atoms with Crippen molar-refractivity contribution >= 4 is 17.9 Å². The minimum Gasteiger partial charge on any atom is -0.462 e. The molecule has 0 rings (SSSR count). The molecule has 0 aliphatic rings. The van der Waals surface area contributed by atoms with E-state index in [2.05, 4.69) is 106 Å². The van der Waals surface area contributed by atoms with Gasteiger partial charge >= 0.3 is 17.9 Å². The van der Waals surface area contributed by atoms with Crippen molar-refractivity contribution in [2.45, 2.75) is 258 Å². The first-order valence-electron chi connectivity index (χ1n) is 27.1. The van der Waals surface area contributed by atoms with E-state index in [0.29, 0.717) is 12.8 Å². The largest absolute Gasteiger partial charge is 0.462 e. The van der Waals surface area contributed by atoms with Crippen LogP contribution in [0.1, 0.15) is 252 Å². The third-order valence-electron chi connectivity index (χ3n) is 11.4. The van der Waals surface area contributed by atoms with Crippen LogP contribution < -0.4 is 0 Å². The summed E-state index contributed by atoms with van der Waals surface area (Å²) in [4.78, 5) is 38.0. The van der Waals surface area contributed by atoms with Gasteiger partial charge in [-0.05, 0) is 96.3 Å². The summed E-state index contributed by atoms with van der Waals surface area (Å²) in [5.41, 5.74) is 0. The highest BCUT2D eigenvalue weighted by Crippen LogP contribution is 2.15. The van der Waals surface area contributed by atoms with Gasteiger partial charge in [-0.3, -0.25) is 14.4 Å². The highest BCUT2D eigenvalue weighted by molar-refractivity contribution is 5.71. The van der Waals surface area contributed by atoms with Gasteiger partial charge in [0.1, 0.15) is 13.2 Å². The second kappa shape index (κ2) is 53.2. The fourth-order valence-electron chi connectivity index (χ4n) is 7.32. The fourth-order valence-corrected chi connectivity index (χ4v) is 7.32. The van der Waals surface area contributed by atoms with E-state index in [4.69, 9.17) is 14.2 Å². The zero-order valence-electron chi connectivity index (χ0n) is 42.5. The van der Waals surface area contributed by atoms with Gasteiger partial charge in [0, 0.05) is 19.3 Å². The molecule has 0 aliphatic carbocycles. The van der Waals surface area contributed by atoms with E-state index >= 15 is 0 Å². The van der Waals surface area contributed by atoms with Crippen molar-refractivity contribution in [3.05, 3.63) is 85.1 Å². The third kappa shape index (κ3) is 51.4. The lowest BCUT2D eigenvalue weighted by Gasteiger charge is -2.18. The summed E-state index contributed by atoms with van der Waals surface area (Å²) in [7, 11) is 0. The van der Waals surface area contributed by atoms with Crippen molar-refractivity contribution in [3.63, 3.8) is 0 Å². The number of esters is 3. The Kier molecular flexibility index (Phi) is 50.4. The second-order valence-corrected chi connectivity index (χ2v) is 17.8. The molecule has 0 heterocycles. The maximum absolute atomic E-state index is 12.8. The van der Waals surface area contributed by atoms with Crippen LogP contribution in [0.2, 0.25) is 0 Å². The number of hydrogen-bond donors (Lipinski definition) is 0. The molecule has 6 nitrogen and oxygen atoms in total. The molecule has 0 spiro atoms. The molecule has 0 aromatic rings. The van der Waals surface area contributed by atoms with E-state index in [9.17, 15) is 14.4 Å². The first-order valence-corrected chi connectivity index (χ1v) is 27.1. The number of unbranched alkanes of at least 4 members (excludes halogenated alkanes) is 23. The normalized spacial score (nSPS) is 12.7. The van der Waals surface area contributed by atoms with E-state index in [1.807, 2.05) is 0 Å². The minimum atomic E-state index is -0.799. The molecule has 0 aromatic carbocycles. The first-order chi connectivity index (χ1) is 32.0. The molecule has 0 N–H and O–H groups in total. The molecular weight excluding hydrogens is 805 g/mol. The van der Waals surface area contributed by atoms with Crippen molar-refractivity contribution in [1.29, 1.82) is 0 Å². The summed E-state index contributed by atoms with van der Waals surface area (Å²) in [6.07, 6.45) is 68.5. The molecular formula is C59H100O6. The third-order valence-corrected chi connectivity index (χ3v) is 11.4. The number of ether oxygens (including phenoxy) is 3. The van der Waals surface area contributed by atoms with Crippen LogP contribution in [0.25, 0.3) is 0 Å². The van der Waals surface area contributed by atoms with Crippen molar-refractivity contribution in [1.82, 2.24) is 0 Å². The Bertz CT molecular complexity index is 1270. The Balaban J connectivity index is 4.47. The lowest BCUT2D eigenvalue weighted by Crippen LogP contribution is -2.30. The maximum Gasteiger partial charge on any atom is 0.306 e. The average Bonchev–Trinajstić information content (AvgIpc) is 3.30. The van der Waals surface area contributed by atoms with Gasteiger partial charge in [-0.2, -0.15) is 0 Å². The van der Waals surface area contributed by atoms with Crippen LogP contribution in [0, 0.1) is 0 Å². The van der Waals surface area contributed by atoms with Crippen LogP contribution in [0.5, 0.6) is 0 Å². The van der Waals surface area contributed by atoms with Crippen LogP contribution >= 0.6 is 0 Å². The molecule has 0 fully saturated rings. The van der Waals surface area contributed by atoms with Crippen LogP contribution in [0.3, 0.4) is 0 Å². The molecule has 0 radical (unpaired) electrons. The van der Waals surface area contributed by atoms with Gasteiger partial charge in [0.15, 0.2) is 6.10 Å². The Morgan fingerprint density at radius 3 is 0.985 bits per heavy atom. The number of rotatable bonds is 48. The summed E-state index contributed by atoms with van der Waals surface area (Å²) < 4.78 is 16.8. The molecule has 1 atom stereocenters. The van der Waals surface area contributed by atoms with Gasteiger partial charge in [-0.1, -0.05) is 221 Å². The van der Waals surface area contributed by atoms with Crippen molar-refractivity contribution < 1.29 is 28.6 Å². The zero-order chi connectivity index (χ0) is 47.2. The fraction of sp³-hybridized carbons (Fsp3) is 0.712. The van der Waals surface area contributed by atoms with Gasteiger partial charge in [-0.15, -0.1) is 0 Å². The monoisotopic (exact) mass is 905 g/mol. The molecule has 0 aromatic heterocycles. The predicted molar refractivity (Wildman–Crippen MR) is 279 cm³/mol. The number of carbonyl (C=O) groups excluding carboxylic acids is 3. The molecule has 0 unspecified atom stereocenters. The number of carbonyl (C=O) groups is 3. The van der Waals surface area contributed by atoms with E-state index < -0.39 is 6.10 Å². The van der Waals surface area contributed by atoms with Gasteiger partial charge < -0.3 is 14.2 Å². The Morgan fingerprint density at radius 1 is 0.323 bits per heavy atom. The topological polar surface area (TPSA) is 78.9 Å². The first kappa shape index (κ1) is 61.6. The lowest BCUT2D eigenvalue weighted by molar-refractivity contribution is -0.167. The van der Waals surface area contributed by atoms with Crippen LogP contribution in [0.4, 0.5) is 0 Å². The summed E-state index contributed by atoms with van der Waals surface area (Å²) in [6, 6.07) is 0. The molecule has 0 aliphatic heterocycles. The number of hydrogen-bond acceptors (Lipinski definition) is 6. The van der Waals surface area contributed by atoms with Gasteiger partial charge in [0.05, 0.1) is 0 Å². The zero-order valence-corrected chi connectivity index (χ0v) is 42.5. The quantitative estimate of drug-likeness (QED) is 0.0262. The standard InChI is InChI=1S/C59H100O6/c1-4-7-10-13-16-19-22-25-27-28-29-30-32-35-38-41-44-47-50-53-59(62)65-56(54-63-57(60)51-48-45-42-39-36-33-24-21-18-15-12-9-6-3)55-64-58(61)52-49-46-43-40-37-34-31-26-23-20-17-14-11-8-5-2/h8,11,16-17,19-20,25-27,29-31,35,38,56H,4-7,9-10,12-15,18,21-24,28,32-34,36-37,39-55H2,1-3H3/b11-8-,19-16-,20-17-,27-25-,30-29-,31-26-,38-35-/t56-/m1/s1. The summed E-state index contributed by atoms with van der Waals surface area (Å²) >= 11 is 0. The van der Waals surface area contributed by atoms with E-state index in [1.54, 1.807) is 0 Å². The summed E-state index contributed by atoms with van der Waals surface area (Å²) in [5.74, 6) is -0.940. The minimum absolute atomic E-state index is 0.0938. The molecule has 0 bridgehead atoms. The second-order valence-electron chi connectivity index (χ2n) is 17.8. The van der Waals surface area contributed by atoms with Crippen LogP contribution in [-0.2, 0) is 28.6 Å². The Labute approximate surface area is 401 Å². The van der Waals surface area contributed by atoms with Gasteiger partial charge in [-0.25, -0.2) is 0 Å². The highest BCUT2D eigenvalue weighted by atomic mass is 16.6. The molecule has 372 valence electrons. The van der Waals surface area contributed by atoms with E-state index in [-0.39, 0.29) is 37.5 Å². The lowest BCUT2D eigenvalue weighted by atomic mass is 10.0. The van der Waals surface area contributed by atoms with Crippen molar-refractivity contribution in [2.75, 3.05) is 13.2 Å². The maximum atomic E-state index is 12.8. The van der Waals surface area contributed by atoms with Crippen molar-refractivity contribution in [2.24, 2.45) is 0 Å². The van der Waals surface area contributed by atoms with E-state index in [0.717, 1.165) is 122 Å².